The molecule has 0 heterocycles. The Hall–Kier alpha value is -3.72. The lowest BCUT2D eigenvalue weighted by Gasteiger charge is -2.20. The first-order valence-corrected chi connectivity index (χ1v) is 8.63. The minimum absolute atomic E-state index is 0.497. The molecule has 2 heteroatoms. The Morgan fingerprint density at radius 1 is 0.519 bits per heavy atom. The van der Waals surface area contributed by atoms with Crippen LogP contribution in [-0.4, -0.2) is 26.2 Å². The summed E-state index contributed by atoms with van der Waals surface area (Å²) in [6.07, 6.45) is 22.5. The summed E-state index contributed by atoms with van der Waals surface area (Å²) >= 11 is 0. The lowest BCUT2D eigenvalue weighted by Crippen LogP contribution is -2.23. The Morgan fingerprint density at radius 2 is 0.815 bits per heavy atom. The molecule has 0 atom stereocenters. The van der Waals surface area contributed by atoms with Crippen molar-refractivity contribution >= 4 is 11.4 Å². The van der Waals surface area contributed by atoms with Gasteiger partial charge in [0.15, 0.2) is 0 Å². The molecule has 2 aromatic carbocycles. The van der Waals surface area contributed by atoms with Gasteiger partial charge in [-0.2, -0.15) is 0 Å². The van der Waals surface area contributed by atoms with Crippen LogP contribution in [0.3, 0.4) is 0 Å². The molecule has 0 N–H and O–H groups in total. The average molecular weight is 350 g/mol. The zero-order valence-corrected chi connectivity index (χ0v) is 15.4. The second kappa shape index (κ2) is 10.3. The van der Waals surface area contributed by atoms with Crippen molar-refractivity contribution in [1.29, 1.82) is 0 Å². The fraction of sp³-hybridized carbons (Fsp3) is 0.200. The number of rotatable bonds is 8. The molecule has 0 bridgehead atoms. The lowest BCUT2D eigenvalue weighted by atomic mass is 10.0. The zero-order chi connectivity index (χ0) is 19.5. The summed E-state index contributed by atoms with van der Waals surface area (Å²) in [7, 11) is 0. The van der Waals surface area contributed by atoms with Crippen molar-refractivity contribution in [2.45, 2.75) is 6.42 Å². The predicted molar refractivity (Wildman–Crippen MR) is 115 cm³/mol. The monoisotopic (exact) mass is 350 g/mol. The van der Waals surface area contributed by atoms with Crippen LogP contribution in [0.1, 0.15) is 11.1 Å². The van der Waals surface area contributed by atoms with Crippen LogP contribution in [0.5, 0.6) is 0 Å². The van der Waals surface area contributed by atoms with E-state index in [9.17, 15) is 0 Å². The summed E-state index contributed by atoms with van der Waals surface area (Å²) < 4.78 is 0. The number of nitrogens with zero attached hydrogens (tertiary/aromatic N) is 2. The SMILES string of the molecule is C#CCN(CC#C)c1ccc(Cc2ccc(N(CC#C)CC#C)cc2)cc1. The van der Waals surface area contributed by atoms with Gasteiger partial charge in [-0.3, -0.25) is 0 Å². The molecule has 132 valence electrons. The summed E-state index contributed by atoms with van der Waals surface area (Å²) in [5, 5.41) is 0. The van der Waals surface area contributed by atoms with Gasteiger partial charge in [-0.1, -0.05) is 47.9 Å². The molecular weight excluding hydrogens is 328 g/mol. The number of anilines is 2. The van der Waals surface area contributed by atoms with E-state index in [2.05, 4.69) is 72.2 Å². The third-order valence-corrected chi connectivity index (χ3v) is 4.14. The summed E-state index contributed by atoms with van der Waals surface area (Å²) in [6.45, 7) is 1.99. The summed E-state index contributed by atoms with van der Waals surface area (Å²) in [5.74, 6) is 10.6. The number of benzene rings is 2. The van der Waals surface area contributed by atoms with Crippen molar-refractivity contribution < 1.29 is 0 Å². The second-order valence-corrected chi connectivity index (χ2v) is 6.04. The van der Waals surface area contributed by atoms with Crippen molar-refractivity contribution in [2.75, 3.05) is 36.0 Å². The van der Waals surface area contributed by atoms with E-state index in [4.69, 9.17) is 25.7 Å². The van der Waals surface area contributed by atoms with Crippen LogP contribution < -0.4 is 9.80 Å². The molecule has 0 aromatic heterocycles. The molecule has 2 rings (SSSR count). The molecule has 0 aliphatic carbocycles. The molecule has 0 unspecified atom stereocenters. The van der Waals surface area contributed by atoms with Gasteiger partial charge in [0.05, 0.1) is 26.2 Å². The average Bonchev–Trinajstić information content (AvgIpc) is 2.69. The van der Waals surface area contributed by atoms with Gasteiger partial charge in [0, 0.05) is 11.4 Å². The van der Waals surface area contributed by atoms with Gasteiger partial charge in [0.25, 0.3) is 0 Å². The summed E-state index contributed by atoms with van der Waals surface area (Å²) in [4.78, 5) is 3.98. The molecule has 0 radical (unpaired) electrons. The van der Waals surface area contributed by atoms with E-state index in [0.29, 0.717) is 26.2 Å². The van der Waals surface area contributed by atoms with Crippen LogP contribution in [0.15, 0.2) is 48.5 Å². The molecule has 27 heavy (non-hydrogen) atoms. The largest absolute Gasteiger partial charge is 0.349 e. The van der Waals surface area contributed by atoms with Gasteiger partial charge >= 0.3 is 0 Å². The molecular formula is C25H22N2. The topological polar surface area (TPSA) is 6.48 Å². The number of terminal acetylenes is 4. The molecule has 2 nitrogen and oxygen atoms in total. The normalized spacial score (nSPS) is 9.33. The molecule has 0 saturated heterocycles. The highest BCUT2D eigenvalue weighted by Crippen LogP contribution is 2.19. The molecule has 0 amide bonds. The third-order valence-electron chi connectivity index (χ3n) is 4.14. The van der Waals surface area contributed by atoms with E-state index >= 15 is 0 Å². The first kappa shape index (κ1) is 19.6. The Bertz CT molecular complexity index is 784. The Morgan fingerprint density at radius 3 is 1.07 bits per heavy atom. The first-order valence-electron chi connectivity index (χ1n) is 8.63. The molecule has 0 spiro atoms. The highest BCUT2D eigenvalue weighted by molar-refractivity contribution is 5.52. The maximum absolute atomic E-state index is 5.41. The van der Waals surface area contributed by atoms with Crippen LogP contribution in [0, 0.1) is 49.4 Å². The van der Waals surface area contributed by atoms with Gasteiger partial charge < -0.3 is 9.80 Å². The highest BCUT2D eigenvalue weighted by Gasteiger charge is 2.06. The zero-order valence-electron chi connectivity index (χ0n) is 15.4. The first-order chi connectivity index (χ1) is 13.2. The Labute approximate surface area is 163 Å². The van der Waals surface area contributed by atoms with Crippen molar-refractivity contribution in [1.82, 2.24) is 0 Å². The minimum atomic E-state index is 0.497. The lowest BCUT2D eigenvalue weighted by molar-refractivity contribution is 0.982. The van der Waals surface area contributed by atoms with E-state index in [1.165, 1.54) is 11.1 Å². The number of hydrogen-bond acceptors (Lipinski definition) is 2. The maximum Gasteiger partial charge on any atom is 0.0801 e. The predicted octanol–water partition coefficient (Wildman–Crippen LogP) is 3.42. The van der Waals surface area contributed by atoms with Crippen molar-refractivity contribution in [2.24, 2.45) is 0 Å². The van der Waals surface area contributed by atoms with Gasteiger partial charge in [0.2, 0.25) is 0 Å². The second-order valence-electron chi connectivity index (χ2n) is 6.04. The van der Waals surface area contributed by atoms with E-state index in [1.54, 1.807) is 0 Å². The standard InChI is InChI=1S/C25H22N2/c1-5-17-26(18-6-2)24-13-9-22(10-14-24)21-23-11-15-25(16-12-23)27(19-7-3)20-8-4/h1-4,9-16H,17-21H2. The summed E-state index contributed by atoms with van der Waals surface area (Å²) in [5.41, 5.74) is 4.50. The molecule has 0 aliphatic rings. The van der Waals surface area contributed by atoms with Gasteiger partial charge in [-0.05, 0) is 41.8 Å². The quantitative estimate of drug-likeness (QED) is 0.673. The molecule has 0 aliphatic heterocycles. The van der Waals surface area contributed by atoms with Crippen LogP contribution >= 0.6 is 0 Å². The van der Waals surface area contributed by atoms with Crippen molar-refractivity contribution in [3.05, 3.63) is 59.7 Å². The minimum Gasteiger partial charge on any atom is -0.349 e. The third kappa shape index (κ3) is 5.65. The Balaban J connectivity index is 2.07. The van der Waals surface area contributed by atoms with E-state index in [1.807, 2.05) is 9.80 Å². The van der Waals surface area contributed by atoms with Crippen molar-refractivity contribution in [3.8, 4) is 49.4 Å². The fourth-order valence-corrected chi connectivity index (χ4v) is 2.80. The van der Waals surface area contributed by atoms with Gasteiger partial charge in [-0.15, -0.1) is 25.7 Å². The van der Waals surface area contributed by atoms with Crippen LogP contribution in [0.4, 0.5) is 11.4 Å². The van der Waals surface area contributed by atoms with E-state index in [0.717, 1.165) is 17.8 Å². The van der Waals surface area contributed by atoms with Crippen LogP contribution in [0.25, 0.3) is 0 Å². The van der Waals surface area contributed by atoms with E-state index < -0.39 is 0 Å². The number of hydrogen-bond donors (Lipinski definition) is 0. The maximum atomic E-state index is 5.41. The summed E-state index contributed by atoms with van der Waals surface area (Å²) in [6, 6.07) is 16.6. The smallest absolute Gasteiger partial charge is 0.0801 e. The highest BCUT2D eigenvalue weighted by atomic mass is 15.1. The van der Waals surface area contributed by atoms with Crippen LogP contribution in [0.2, 0.25) is 0 Å². The van der Waals surface area contributed by atoms with Gasteiger partial charge in [-0.25, -0.2) is 0 Å². The Kier molecular flexibility index (Phi) is 7.49. The van der Waals surface area contributed by atoms with Gasteiger partial charge in [0.1, 0.15) is 0 Å². The van der Waals surface area contributed by atoms with E-state index in [-0.39, 0.29) is 0 Å². The fourth-order valence-electron chi connectivity index (χ4n) is 2.80. The molecule has 2 aromatic rings. The molecule has 0 saturated carbocycles. The van der Waals surface area contributed by atoms with Crippen molar-refractivity contribution in [3.63, 3.8) is 0 Å². The molecule has 0 fully saturated rings. The van der Waals surface area contributed by atoms with Crippen LogP contribution in [-0.2, 0) is 6.42 Å².